The summed E-state index contributed by atoms with van der Waals surface area (Å²) in [6, 6.07) is 7.79. The van der Waals surface area contributed by atoms with Gasteiger partial charge in [0, 0.05) is 12.1 Å². The number of carbonyl (C=O) groups is 1. The lowest BCUT2D eigenvalue weighted by Gasteiger charge is -1.97. The maximum Gasteiger partial charge on any atom is 0.305 e. The minimum absolute atomic E-state index is 0.0700. The third-order valence-corrected chi connectivity index (χ3v) is 2.12. The molecule has 0 bridgehead atoms. The maximum atomic E-state index is 10.6. The van der Waals surface area contributed by atoms with Crippen LogP contribution in [0.3, 0.4) is 0 Å². The van der Waals surface area contributed by atoms with Crippen LogP contribution in [0.15, 0.2) is 24.3 Å². The summed E-state index contributed by atoms with van der Waals surface area (Å²) in [7, 11) is 0. The second-order valence-electron chi connectivity index (χ2n) is 3.82. The lowest BCUT2D eigenvalue weighted by Crippen LogP contribution is -2.02. The summed E-state index contributed by atoms with van der Waals surface area (Å²) in [4.78, 5) is 10.6. The van der Waals surface area contributed by atoms with Crippen LogP contribution in [0.25, 0.3) is 0 Å². The van der Waals surface area contributed by atoms with E-state index in [2.05, 4.69) is 6.92 Å². The number of nitrogens with two attached hydrogens (primary N) is 1. The summed E-state index contributed by atoms with van der Waals surface area (Å²) in [6.07, 6.45) is 2.57. The number of aryl methyl sites for hydroxylation is 1. The molecular formula is C16H29NO2. The molecule has 3 nitrogen and oxygen atoms in total. The average Bonchev–Trinajstić information content (AvgIpc) is 2.43. The molecule has 0 aliphatic carbocycles. The van der Waals surface area contributed by atoms with Crippen LogP contribution in [0.5, 0.6) is 0 Å². The van der Waals surface area contributed by atoms with Crippen LogP contribution in [0.2, 0.25) is 0 Å². The number of ether oxygens (including phenoxy) is 1. The van der Waals surface area contributed by atoms with Gasteiger partial charge in [0.25, 0.3) is 0 Å². The van der Waals surface area contributed by atoms with E-state index < -0.39 is 0 Å². The summed E-state index contributed by atoms with van der Waals surface area (Å²) < 4.78 is 4.70. The molecule has 0 saturated carbocycles. The molecule has 0 unspecified atom stereocenters. The van der Waals surface area contributed by atoms with Crippen molar-refractivity contribution in [3.05, 3.63) is 29.8 Å². The van der Waals surface area contributed by atoms with Crippen molar-refractivity contribution in [1.82, 2.24) is 0 Å². The molecule has 0 amide bonds. The summed E-state index contributed by atoms with van der Waals surface area (Å²) in [5.74, 6) is -0.0700. The van der Waals surface area contributed by atoms with Crippen LogP contribution in [0, 0.1) is 6.92 Å². The number of benzene rings is 1. The number of nitrogen functional groups attached to an aromatic ring is 1. The topological polar surface area (TPSA) is 52.3 Å². The standard InChI is InChI=1S/C7H9N.C7H14O2.C2H6/c1-6-2-4-7(8)5-3-6;1-3-5-6-7(8)9-4-2;1-2/h2-5H,8H2,1H3;3-6H2,1-2H3;1-2H3. The molecular weight excluding hydrogens is 238 g/mol. The number of rotatable bonds is 4. The smallest absolute Gasteiger partial charge is 0.305 e. The number of unbranched alkanes of at least 4 members (excludes halogenated alkanes) is 1. The van der Waals surface area contributed by atoms with Crippen molar-refractivity contribution in [3.63, 3.8) is 0 Å². The highest BCUT2D eigenvalue weighted by Crippen LogP contribution is 2.02. The van der Waals surface area contributed by atoms with Crippen LogP contribution >= 0.6 is 0 Å². The molecule has 0 spiro atoms. The Morgan fingerprint density at radius 2 is 1.68 bits per heavy atom. The molecule has 0 heterocycles. The molecule has 0 atom stereocenters. The van der Waals surface area contributed by atoms with E-state index in [0.29, 0.717) is 13.0 Å². The zero-order valence-corrected chi connectivity index (χ0v) is 13.0. The first-order valence-corrected chi connectivity index (χ1v) is 7.07. The van der Waals surface area contributed by atoms with Gasteiger partial charge in [-0.15, -0.1) is 0 Å². The number of anilines is 1. The zero-order valence-electron chi connectivity index (χ0n) is 13.0. The molecule has 19 heavy (non-hydrogen) atoms. The van der Waals surface area contributed by atoms with E-state index in [1.165, 1.54) is 5.56 Å². The van der Waals surface area contributed by atoms with Crippen molar-refractivity contribution in [1.29, 1.82) is 0 Å². The fourth-order valence-corrected chi connectivity index (χ4v) is 1.12. The van der Waals surface area contributed by atoms with Crippen LogP contribution in [0.4, 0.5) is 5.69 Å². The monoisotopic (exact) mass is 267 g/mol. The first kappa shape index (κ1) is 19.8. The third kappa shape index (κ3) is 14.4. The molecule has 1 aromatic carbocycles. The molecule has 0 fully saturated rings. The van der Waals surface area contributed by atoms with Gasteiger partial charge in [0.05, 0.1) is 6.61 Å². The van der Waals surface area contributed by atoms with Gasteiger partial charge >= 0.3 is 5.97 Å². The van der Waals surface area contributed by atoms with Gasteiger partial charge < -0.3 is 10.5 Å². The highest BCUT2D eigenvalue weighted by molar-refractivity contribution is 5.69. The quantitative estimate of drug-likeness (QED) is 0.652. The molecule has 1 rings (SSSR count). The number of hydrogen-bond donors (Lipinski definition) is 1. The maximum absolute atomic E-state index is 10.6. The van der Waals surface area contributed by atoms with E-state index in [1.54, 1.807) is 0 Å². The van der Waals surface area contributed by atoms with Crippen LogP contribution in [-0.2, 0) is 9.53 Å². The van der Waals surface area contributed by atoms with Gasteiger partial charge in [0.1, 0.15) is 0 Å². The van der Waals surface area contributed by atoms with Crippen LogP contribution < -0.4 is 5.73 Å². The predicted octanol–water partition coefficient (Wildman–Crippen LogP) is 4.34. The summed E-state index contributed by atoms with van der Waals surface area (Å²) >= 11 is 0. The highest BCUT2D eigenvalue weighted by Gasteiger charge is 1.97. The first-order valence-electron chi connectivity index (χ1n) is 7.07. The van der Waals surface area contributed by atoms with E-state index in [4.69, 9.17) is 10.5 Å². The molecule has 110 valence electrons. The van der Waals surface area contributed by atoms with Crippen molar-refractivity contribution >= 4 is 11.7 Å². The number of esters is 1. The van der Waals surface area contributed by atoms with Crippen molar-refractivity contribution in [3.8, 4) is 0 Å². The van der Waals surface area contributed by atoms with Crippen LogP contribution in [-0.4, -0.2) is 12.6 Å². The minimum Gasteiger partial charge on any atom is -0.466 e. The second kappa shape index (κ2) is 14.6. The lowest BCUT2D eigenvalue weighted by molar-refractivity contribution is -0.143. The van der Waals surface area contributed by atoms with Gasteiger partial charge in [-0.25, -0.2) is 0 Å². The minimum atomic E-state index is -0.0700. The number of carbonyl (C=O) groups excluding carboxylic acids is 1. The average molecular weight is 267 g/mol. The van der Waals surface area contributed by atoms with E-state index in [1.807, 2.05) is 52.0 Å². The summed E-state index contributed by atoms with van der Waals surface area (Å²) in [6.45, 7) is 10.4. The molecule has 0 aromatic heterocycles. The Balaban J connectivity index is 0. The molecule has 0 saturated heterocycles. The lowest BCUT2D eigenvalue weighted by atomic mass is 10.2. The second-order valence-corrected chi connectivity index (χ2v) is 3.82. The molecule has 0 aliphatic heterocycles. The van der Waals surface area contributed by atoms with Crippen LogP contribution in [0.1, 0.15) is 52.5 Å². The van der Waals surface area contributed by atoms with Crippen molar-refractivity contribution < 1.29 is 9.53 Å². The normalized spacial score (nSPS) is 8.47. The molecule has 1 aromatic rings. The van der Waals surface area contributed by atoms with Gasteiger partial charge in [0.2, 0.25) is 0 Å². The SMILES string of the molecule is CC.CCCCC(=O)OCC.Cc1ccc(N)cc1. The van der Waals surface area contributed by atoms with E-state index >= 15 is 0 Å². The largest absolute Gasteiger partial charge is 0.466 e. The van der Waals surface area contributed by atoms with E-state index in [-0.39, 0.29) is 5.97 Å². The fourth-order valence-electron chi connectivity index (χ4n) is 1.12. The third-order valence-electron chi connectivity index (χ3n) is 2.12. The molecule has 0 aliphatic rings. The van der Waals surface area contributed by atoms with Gasteiger partial charge in [-0.05, 0) is 32.4 Å². The van der Waals surface area contributed by atoms with Gasteiger partial charge in [0.15, 0.2) is 0 Å². The van der Waals surface area contributed by atoms with Gasteiger partial charge in [-0.2, -0.15) is 0 Å². The van der Waals surface area contributed by atoms with Crippen molar-refractivity contribution in [2.75, 3.05) is 12.3 Å². The van der Waals surface area contributed by atoms with Gasteiger partial charge in [-0.1, -0.05) is 44.9 Å². The summed E-state index contributed by atoms with van der Waals surface area (Å²) in [5.41, 5.74) is 7.51. The van der Waals surface area contributed by atoms with E-state index in [0.717, 1.165) is 18.5 Å². The van der Waals surface area contributed by atoms with Gasteiger partial charge in [-0.3, -0.25) is 4.79 Å². The summed E-state index contributed by atoms with van der Waals surface area (Å²) in [5, 5.41) is 0. The Kier molecular flexibility index (Phi) is 15.2. The Labute approximate surface area is 118 Å². The molecule has 0 radical (unpaired) electrons. The highest BCUT2D eigenvalue weighted by atomic mass is 16.5. The Morgan fingerprint density at radius 3 is 2.05 bits per heavy atom. The van der Waals surface area contributed by atoms with Crippen molar-refractivity contribution in [2.45, 2.75) is 53.9 Å². The predicted molar refractivity (Wildman–Crippen MR) is 83.1 cm³/mol. The van der Waals surface area contributed by atoms with E-state index in [9.17, 15) is 4.79 Å². The zero-order chi connectivity index (χ0) is 15.1. The molecule has 2 N–H and O–H groups in total. The molecule has 3 heteroatoms. The Bertz CT molecular complexity index is 286. The Hall–Kier alpha value is -1.51. The first-order chi connectivity index (χ1) is 9.10. The number of hydrogen-bond acceptors (Lipinski definition) is 3. The Morgan fingerprint density at radius 1 is 1.16 bits per heavy atom. The van der Waals surface area contributed by atoms with Crippen molar-refractivity contribution in [2.24, 2.45) is 0 Å². The fraction of sp³-hybridized carbons (Fsp3) is 0.562.